The Hall–Kier alpha value is -2.36. The van der Waals surface area contributed by atoms with E-state index in [0.29, 0.717) is 12.4 Å². The molecular weight excluding hydrogens is 462 g/mol. The number of nitrogens with zero attached hydrogens (tertiary/aromatic N) is 4. The largest absolute Gasteiger partial charge is 0.508 e. The average molecular weight is 498 g/mol. The number of carbonyl (C=O) groups is 1. The number of benzene rings is 1. The second-order valence-electron chi connectivity index (χ2n) is 10.2. The standard InChI is InChI=1S/C26H35N5O3S/c1-3-5-19(14-17(2)32)31-23-22(26(10-11-26)24(31)34)16-27-25(29-23)28-18-8-12-30(13-9-18)35-21-7-4-6-20(33)15-21/h4,6-7,15-19,32-33H,3,5,8-14H2,1-2H3,(H,27,28,29)/t17-,19?/m1/s1. The van der Waals surface area contributed by atoms with Gasteiger partial charge in [-0.25, -0.2) is 9.29 Å². The highest BCUT2D eigenvalue weighted by Crippen LogP contribution is 2.57. The molecule has 1 unspecified atom stereocenters. The molecule has 188 valence electrons. The van der Waals surface area contributed by atoms with E-state index in [1.54, 1.807) is 31.0 Å². The summed E-state index contributed by atoms with van der Waals surface area (Å²) in [6, 6.07) is 7.56. The number of piperidine rings is 1. The summed E-state index contributed by atoms with van der Waals surface area (Å²) in [5.74, 6) is 1.73. The molecule has 2 aliphatic heterocycles. The van der Waals surface area contributed by atoms with Gasteiger partial charge in [-0.3, -0.25) is 9.69 Å². The summed E-state index contributed by atoms with van der Waals surface area (Å²) < 4.78 is 2.32. The summed E-state index contributed by atoms with van der Waals surface area (Å²) in [5.41, 5.74) is 0.518. The number of hydrogen-bond acceptors (Lipinski definition) is 8. The molecule has 1 saturated carbocycles. The normalized spacial score (nSPS) is 21.2. The van der Waals surface area contributed by atoms with Gasteiger partial charge >= 0.3 is 0 Å². The van der Waals surface area contributed by atoms with Crippen molar-refractivity contribution in [2.24, 2.45) is 0 Å². The van der Waals surface area contributed by atoms with Crippen LogP contribution in [-0.4, -0.2) is 61.7 Å². The van der Waals surface area contributed by atoms with Crippen LogP contribution in [0.15, 0.2) is 35.4 Å². The van der Waals surface area contributed by atoms with Crippen LogP contribution >= 0.6 is 11.9 Å². The first kappa shape index (κ1) is 24.3. The van der Waals surface area contributed by atoms with E-state index in [1.165, 1.54) is 0 Å². The Bertz CT molecular complexity index is 1070. The maximum absolute atomic E-state index is 13.5. The van der Waals surface area contributed by atoms with Crippen LogP contribution < -0.4 is 10.2 Å². The number of nitrogens with one attached hydrogen (secondary N) is 1. The molecule has 3 N–H and O–H groups in total. The smallest absolute Gasteiger partial charge is 0.239 e. The molecule has 35 heavy (non-hydrogen) atoms. The van der Waals surface area contributed by atoms with Crippen molar-refractivity contribution < 1.29 is 15.0 Å². The summed E-state index contributed by atoms with van der Waals surface area (Å²) in [6.07, 6.45) is 7.35. The lowest BCUT2D eigenvalue weighted by Crippen LogP contribution is -2.42. The SMILES string of the molecule is CCCC(C[C@@H](C)O)N1C(=O)C2(CC2)c2cnc(NC3CCN(Sc4cccc(O)c4)CC3)nc21. The van der Waals surface area contributed by atoms with Crippen molar-refractivity contribution in [1.82, 2.24) is 14.3 Å². The van der Waals surface area contributed by atoms with E-state index in [4.69, 9.17) is 4.98 Å². The fraction of sp³-hybridized carbons (Fsp3) is 0.577. The maximum atomic E-state index is 13.5. The Kier molecular flexibility index (Phi) is 6.92. The number of rotatable bonds is 9. The predicted octanol–water partition coefficient (Wildman–Crippen LogP) is 4.08. The highest BCUT2D eigenvalue weighted by Gasteiger charge is 2.61. The second kappa shape index (κ2) is 9.95. The lowest BCUT2D eigenvalue weighted by molar-refractivity contribution is -0.120. The van der Waals surface area contributed by atoms with Crippen molar-refractivity contribution in [3.8, 4) is 5.75 Å². The van der Waals surface area contributed by atoms with Crippen LogP contribution in [0.25, 0.3) is 0 Å². The summed E-state index contributed by atoms with van der Waals surface area (Å²) in [7, 11) is 0. The van der Waals surface area contributed by atoms with E-state index >= 15 is 0 Å². The molecule has 0 radical (unpaired) electrons. The van der Waals surface area contributed by atoms with Crippen molar-refractivity contribution in [2.45, 2.75) is 87.3 Å². The Morgan fingerprint density at radius 3 is 2.71 bits per heavy atom. The molecular formula is C26H35N5O3S. The zero-order valence-electron chi connectivity index (χ0n) is 20.5. The minimum Gasteiger partial charge on any atom is -0.508 e. The van der Waals surface area contributed by atoms with Crippen molar-refractivity contribution in [3.05, 3.63) is 36.0 Å². The number of hydrogen-bond donors (Lipinski definition) is 3. The number of phenols is 1. The van der Waals surface area contributed by atoms with E-state index in [-0.39, 0.29) is 23.7 Å². The molecule has 2 aromatic rings. The van der Waals surface area contributed by atoms with Gasteiger partial charge in [0.15, 0.2) is 0 Å². The number of aromatic nitrogens is 2. The van der Waals surface area contributed by atoms with Crippen LogP contribution in [0.1, 0.15) is 64.4 Å². The zero-order valence-corrected chi connectivity index (χ0v) is 21.3. The third-order valence-electron chi connectivity index (χ3n) is 7.33. The monoisotopic (exact) mass is 497 g/mol. The second-order valence-corrected chi connectivity index (χ2v) is 11.3. The van der Waals surface area contributed by atoms with E-state index in [9.17, 15) is 15.0 Å². The van der Waals surface area contributed by atoms with Gasteiger partial charge in [-0.05, 0) is 75.6 Å². The number of phenolic OH excluding ortho intramolecular Hbond substituents is 1. The lowest BCUT2D eigenvalue weighted by atomic mass is 10.0. The molecule has 3 aliphatic rings. The Labute approximate surface area is 211 Å². The summed E-state index contributed by atoms with van der Waals surface area (Å²) >= 11 is 1.67. The molecule has 1 amide bonds. The highest BCUT2D eigenvalue weighted by atomic mass is 32.2. The molecule has 3 heterocycles. The summed E-state index contributed by atoms with van der Waals surface area (Å²) in [6.45, 7) is 5.74. The Morgan fingerprint density at radius 1 is 1.29 bits per heavy atom. The highest BCUT2D eigenvalue weighted by molar-refractivity contribution is 7.97. The number of aromatic hydroxyl groups is 1. The minimum absolute atomic E-state index is 0.0494. The fourth-order valence-corrected chi connectivity index (χ4v) is 6.40. The molecule has 1 aliphatic carbocycles. The number of anilines is 2. The van der Waals surface area contributed by atoms with E-state index < -0.39 is 11.5 Å². The quantitative estimate of drug-likeness (QED) is 0.446. The number of aliphatic hydroxyl groups excluding tert-OH is 1. The average Bonchev–Trinajstić information content (AvgIpc) is 3.58. The number of aliphatic hydroxyl groups is 1. The third kappa shape index (κ3) is 4.99. The van der Waals surface area contributed by atoms with Gasteiger partial charge in [0.2, 0.25) is 11.9 Å². The molecule has 1 spiro atoms. The maximum Gasteiger partial charge on any atom is 0.239 e. The van der Waals surface area contributed by atoms with Gasteiger partial charge in [-0.15, -0.1) is 0 Å². The molecule has 9 heteroatoms. The molecule has 5 rings (SSSR count). The van der Waals surface area contributed by atoms with E-state index in [0.717, 1.165) is 67.9 Å². The van der Waals surface area contributed by atoms with Crippen molar-refractivity contribution in [3.63, 3.8) is 0 Å². The minimum atomic E-state index is -0.471. The molecule has 0 bridgehead atoms. The first-order valence-corrected chi connectivity index (χ1v) is 13.5. The van der Waals surface area contributed by atoms with Crippen molar-refractivity contribution in [2.75, 3.05) is 23.3 Å². The Morgan fingerprint density at radius 2 is 2.06 bits per heavy atom. The topological polar surface area (TPSA) is 102 Å². The van der Waals surface area contributed by atoms with E-state index in [2.05, 4.69) is 21.5 Å². The summed E-state index contributed by atoms with van der Waals surface area (Å²) in [5, 5.41) is 23.3. The molecule has 2 atom stereocenters. The molecule has 2 fully saturated rings. The number of carbonyl (C=O) groups excluding carboxylic acids is 1. The fourth-order valence-electron chi connectivity index (χ4n) is 5.40. The van der Waals surface area contributed by atoms with Gasteiger partial charge in [0.05, 0.1) is 11.5 Å². The van der Waals surface area contributed by atoms with Crippen LogP contribution in [0.2, 0.25) is 0 Å². The molecule has 1 aromatic heterocycles. The predicted molar refractivity (Wildman–Crippen MR) is 138 cm³/mol. The van der Waals surface area contributed by atoms with Gasteiger partial charge in [0.25, 0.3) is 0 Å². The molecule has 1 saturated heterocycles. The summed E-state index contributed by atoms with van der Waals surface area (Å²) in [4.78, 5) is 25.9. The lowest BCUT2D eigenvalue weighted by Gasteiger charge is -2.32. The zero-order chi connectivity index (χ0) is 24.6. The van der Waals surface area contributed by atoms with Crippen LogP contribution in [0.4, 0.5) is 11.8 Å². The van der Waals surface area contributed by atoms with E-state index in [1.807, 2.05) is 23.2 Å². The van der Waals surface area contributed by atoms with Gasteiger partial charge < -0.3 is 15.5 Å². The van der Waals surface area contributed by atoms with Crippen LogP contribution in [0.3, 0.4) is 0 Å². The number of amides is 1. The van der Waals surface area contributed by atoms with Gasteiger partial charge in [-0.1, -0.05) is 19.4 Å². The van der Waals surface area contributed by atoms with Gasteiger partial charge in [-0.2, -0.15) is 4.98 Å². The van der Waals surface area contributed by atoms with Crippen LogP contribution in [-0.2, 0) is 10.2 Å². The van der Waals surface area contributed by atoms with Gasteiger partial charge in [0.1, 0.15) is 11.6 Å². The number of fused-ring (bicyclic) bond motifs is 2. The first-order chi connectivity index (χ1) is 16.9. The van der Waals surface area contributed by atoms with Crippen LogP contribution in [0, 0.1) is 0 Å². The first-order valence-electron chi connectivity index (χ1n) is 12.8. The van der Waals surface area contributed by atoms with Crippen LogP contribution in [0.5, 0.6) is 5.75 Å². The van der Waals surface area contributed by atoms with Gasteiger partial charge in [0, 0.05) is 41.8 Å². The molecule has 8 nitrogen and oxygen atoms in total. The van der Waals surface area contributed by atoms with Crippen molar-refractivity contribution in [1.29, 1.82) is 0 Å². The van der Waals surface area contributed by atoms with Crippen molar-refractivity contribution >= 4 is 29.6 Å². The Balaban J connectivity index is 1.27. The molecule has 1 aromatic carbocycles. The third-order valence-corrected chi connectivity index (χ3v) is 8.42.